The average Bonchev–Trinajstić information content (AvgIpc) is 3.06. The van der Waals surface area contributed by atoms with E-state index in [4.69, 9.17) is 0 Å². The summed E-state index contributed by atoms with van der Waals surface area (Å²) in [6.07, 6.45) is 0.254. The minimum Gasteiger partial charge on any atom is -0.325 e. The summed E-state index contributed by atoms with van der Waals surface area (Å²) in [5.41, 5.74) is 4.58. The molecule has 4 rings (SSSR count). The van der Waals surface area contributed by atoms with E-state index >= 15 is 0 Å². The van der Waals surface area contributed by atoms with E-state index < -0.39 is 0 Å². The molecule has 0 saturated carbocycles. The summed E-state index contributed by atoms with van der Waals surface area (Å²) >= 11 is 0. The Balaban J connectivity index is 1.58. The standard InChI is InChI=1S/C21H17N3O/c25-21(14-20-17-11-5-7-13-19(17)23-24-20)22-18-12-6-4-10-16(18)15-8-2-1-3-9-15/h1-13H,14H2,(H,22,25)(H,23,24). The number of fused-ring (bicyclic) bond motifs is 1. The topological polar surface area (TPSA) is 57.8 Å². The smallest absolute Gasteiger partial charge is 0.230 e. The SMILES string of the molecule is O=C(Cc1[nH]nc2ccccc12)Nc1ccccc1-c1ccccc1. The molecule has 0 atom stereocenters. The van der Waals surface area contributed by atoms with Gasteiger partial charge in [0.2, 0.25) is 5.91 Å². The number of aromatic amines is 1. The lowest BCUT2D eigenvalue weighted by Crippen LogP contribution is -2.15. The maximum atomic E-state index is 12.5. The van der Waals surface area contributed by atoms with E-state index in [2.05, 4.69) is 15.5 Å². The van der Waals surface area contributed by atoms with Crippen molar-refractivity contribution < 1.29 is 4.79 Å². The molecular formula is C21H17N3O. The van der Waals surface area contributed by atoms with Crippen LogP contribution >= 0.6 is 0 Å². The monoisotopic (exact) mass is 327 g/mol. The first kappa shape index (κ1) is 15.1. The first-order valence-electron chi connectivity index (χ1n) is 8.17. The van der Waals surface area contributed by atoms with Gasteiger partial charge in [-0.1, -0.05) is 66.7 Å². The Bertz CT molecular complexity index is 1020. The summed E-state index contributed by atoms with van der Waals surface area (Å²) in [6.45, 7) is 0. The molecule has 122 valence electrons. The van der Waals surface area contributed by atoms with Crippen LogP contribution in [0.2, 0.25) is 0 Å². The molecule has 0 radical (unpaired) electrons. The fourth-order valence-corrected chi connectivity index (χ4v) is 2.97. The number of carbonyl (C=O) groups excluding carboxylic acids is 1. The molecule has 1 amide bonds. The van der Waals surface area contributed by atoms with Crippen molar-refractivity contribution in [3.05, 3.63) is 84.6 Å². The number of aromatic nitrogens is 2. The number of H-pyrrole nitrogens is 1. The van der Waals surface area contributed by atoms with Crippen LogP contribution < -0.4 is 5.32 Å². The van der Waals surface area contributed by atoms with Crippen LogP contribution in [0.4, 0.5) is 5.69 Å². The zero-order chi connectivity index (χ0) is 17.1. The number of rotatable bonds is 4. The number of para-hydroxylation sites is 2. The highest BCUT2D eigenvalue weighted by Crippen LogP contribution is 2.27. The molecule has 0 unspecified atom stereocenters. The van der Waals surface area contributed by atoms with Gasteiger partial charge in [-0.25, -0.2) is 0 Å². The second kappa shape index (κ2) is 6.61. The van der Waals surface area contributed by atoms with Crippen LogP contribution in [0.3, 0.4) is 0 Å². The summed E-state index contributed by atoms with van der Waals surface area (Å²) < 4.78 is 0. The van der Waals surface area contributed by atoms with E-state index in [0.29, 0.717) is 0 Å². The van der Waals surface area contributed by atoms with E-state index in [-0.39, 0.29) is 12.3 Å². The molecule has 4 heteroatoms. The summed E-state index contributed by atoms with van der Waals surface area (Å²) in [5.74, 6) is -0.0715. The van der Waals surface area contributed by atoms with Crippen LogP contribution in [0, 0.1) is 0 Å². The van der Waals surface area contributed by atoms with Crippen molar-refractivity contribution in [2.75, 3.05) is 5.32 Å². The fraction of sp³-hybridized carbons (Fsp3) is 0.0476. The highest BCUT2D eigenvalue weighted by molar-refractivity contribution is 5.98. The van der Waals surface area contributed by atoms with E-state index in [1.54, 1.807) is 0 Å². The maximum absolute atomic E-state index is 12.5. The van der Waals surface area contributed by atoms with Crippen LogP contribution in [-0.2, 0) is 11.2 Å². The lowest BCUT2D eigenvalue weighted by atomic mass is 10.0. The van der Waals surface area contributed by atoms with Crippen molar-refractivity contribution in [1.82, 2.24) is 10.2 Å². The zero-order valence-electron chi connectivity index (χ0n) is 13.6. The third kappa shape index (κ3) is 3.15. The van der Waals surface area contributed by atoms with Gasteiger partial charge in [-0.05, 0) is 17.7 Å². The highest BCUT2D eigenvalue weighted by Gasteiger charge is 2.12. The van der Waals surface area contributed by atoms with Crippen LogP contribution in [0.15, 0.2) is 78.9 Å². The molecule has 1 heterocycles. The molecule has 0 aliphatic rings. The number of carbonyl (C=O) groups is 1. The van der Waals surface area contributed by atoms with Crippen molar-refractivity contribution in [2.45, 2.75) is 6.42 Å². The molecule has 1 aromatic heterocycles. The van der Waals surface area contributed by atoms with Crippen molar-refractivity contribution in [2.24, 2.45) is 0 Å². The quantitative estimate of drug-likeness (QED) is 0.583. The molecule has 0 aliphatic heterocycles. The number of benzene rings is 3. The van der Waals surface area contributed by atoms with Gasteiger partial charge in [0.1, 0.15) is 0 Å². The molecule has 0 saturated heterocycles. The minimum absolute atomic E-state index is 0.0715. The number of amides is 1. The number of nitrogens with one attached hydrogen (secondary N) is 2. The largest absolute Gasteiger partial charge is 0.325 e. The molecule has 0 aliphatic carbocycles. The Morgan fingerprint density at radius 3 is 2.48 bits per heavy atom. The normalized spacial score (nSPS) is 10.7. The molecule has 4 nitrogen and oxygen atoms in total. The van der Waals surface area contributed by atoms with Gasteiger partial charge in [-0.3, -0.25) is 9.89 Å². The van der Waals surface area contributed by atoms with Crippen LogP contribution in [0.1, 0.15) is 5.69 Å². The summed E-state index contributed by atoms with van der Waals surface area (Å²) in [7, 11) is 0. The van der Waals surface area contributed by atoms with Crippen LogP contribution in [0.25, 0.3) is 22.0 Å². The van der Waals surface area contributed by atoms with Crippen molar-refractivity contribution in [3.63, 3.8) is 0 Å². The van der Waals surface area contributed by atoms with E-state index in [9.17, 15) is 4.79 Å². The van der Waals surface area contributed by atoms with E-state index in [1.165, 1.54) is 0 Å². The van der Waals surface area contributed by atoms with Gasteiger partial charge in [0.25, 0.3) is 0 Å². The Hall–Kier alpha value is -3.40. The summed E-state index contributed by atoms with van der Waals surface area (Å²) in [5, 5.41) is 11.2. The van der Waals surface area contributed by atoms with Gasteiger partial charge < -0.3 is 5.32 Å². The number of nitrogens with zero attached hydrogens (tertiary/aromatic N) is 1. The minimum atomic E-state index is -0.0715. The van der Waals surface area contributed by atoms with Gasteiger partial charge in [0.15, 0.2) is 0 Å². The molecular weight excluding hydrogens is 310 g/mol. The average molecular weight is 327 g/mol. The van der Waals surface area contributed by atoms with Gasteiger partial charge in [0, 0.05) is 16.6 Å². The van der Waals surface area contributed by atoms with Crippen molar-refractivity contribution >= 4 is 22.5 Å². The first-order valence-corrected chi connectivity index (χ1v) is 8.17. The molecule has 0 spiro atoms. The molecule has 25 heavy (non-hydrogen) atoms. The summed E-state index contributed by atoms with van der Waals surface area (Å²) in [4.78, 5) is 12.5. The predicted octanol–water partition coefficient (Wildman–Crippen LogP) is 4.41. The molecule has 0 fully saturated rings. The van der Waals surface area contributed by atoms with Crippen molar-refractivity contribution in [3.8, 4) is 11.1 Å². The van der Waals surface area contributed by atoms with Crippen LogP contribution in [0.5, 0.6) is 0 Å². The lowest BCUT2D eigenvalue weighted by molar-refractivity contribution is -0.115. The zero-order valence-corrected chi connectivity index (χ0v) is 13.6. The second-order valence-electron chi connectivity index (χ2n) is 5.86. The third-order valence-corrected chi connectivity index (χ3v) is 4.16. The number of hydrogen-bond donors (Lipinski definition) is 2. The Morgan fingerprint density at radius 1 is 0.880 bits per heavy atom. The van der Waals surface area contributed by atoms with Gasteiger partial charge >= 0.3 is 0 Å². The molecule has 4 aromatic rings. The number of hydrogen-bond acceptors (Lipinski definition) is 2. The second-order valence-corrected chi connectivity index (χ2v) is 5.86. The number of anilines is 1. The molecule has 0 bridgehead atoms. The lowest BCUT2D eigenvalue weighted by Gasteiger charge is -2.11. The van der Waals surface area contributed by atoms with Gasteiger partial charge in [0.05, 0.1) is 17.6 Å². The highest BCUT2D eigenvalue weighted by atomic mass is 16.1. The molecule has 2 N–H and O–H groups in total. The summed E-state index contributed by atoms with van der Waals surface area (Å²) in [6, 6.07) is 25.6. The Kier molecular flexibility index (Phi) is 4.01. The Labute approximate surface area is 145 Å². The van der Waals surface area contributed by atoms with Crippen molar-refractivity contribution in [1.29, 1.82) is 0 Å². The van der Waals surface area contributed by atoms with Gasteiger partial charge in [-0.2, -0.15) is 5.10 Å². The fourth-order valence-electron chi connectivity index (χ4n) is 2.97. The maximum Gasteiger partial charge on any atom is 0.230 e. The van der Waals surface area contributed by atoms with Crippen LogP contribution in [-0.4, -0.2) is 16.1 Å². The van der Waals surface area contributed by atoms with E-state index in [1.807, 2.05) is 78.9 Å². The predicted molar refractivity (Wildman–Crippen MR) is 100 cm³/mol. The van der Waals surface area contributed by atoms with Gasteiger partial charge in [-0.15, -0.1) is 0 Å². The Morgan fingerprint density at radius 2 is 1.60 bits per heavy atom. The molecule has 3 aromatic carbocycles. The van der Waals surface area contributed by atoms with E-state index in [0.717, 1.165) is 33.4 Å². The third-order valence-electron chi connectivity index (χ3n) is 4.16. The first-order chi connectivity index (χ1) is 12.3.